The predicted molar refractivity (Wildman–Crippen MR) is 114 cm³/mol. The Morgan fingerprint density at radius 2 is 1.37 bits per heavy atom. The zero-order chi connectivity index (χ0) is 20.2. The van der Waals surface area contributed by atoms with E-state index in [9.17, 15) is 9.59 Å². The predicted octanol–water partition coefficient (Wildman–Crippen LogP) is 5.87. The van der Waals surface area contributed by atoms with Crippen LogP contribution in [0.3, 0.4) is 0 Å². The number of ether oxygens (including phenoxy) is 1. The van der Waals surface area contributed by atoms with E-state index < -0.39 is 5.97 Å². The van der Waals surface area contributed by atoms with E-state index in [1.54, 1.807) is 0 Å². The van der Waals surface area contributed by atoms with E-state index in [0.717, 1.165) is 12.8 Å². The summed E-state index contributed by atoms with van der Waals surface area (Å²) in [4.78, 5) is 22.8. The highest BCUT2D eigenvalue weighted by Gasteiger charge is 2.08. The van der Waals surface area contributed by atoms with E-state index in [1.165, 1.54) is 77.7 Å². The van der Waals surface area contributed by atoms with Crippen molar-refractivity contribution in [2.45, 2.75) is 96.8 Å². The van der Waals surface area contributed by atoms with Crippen LogP contribution in [0.5, 0.6) is 0 Å². The van der Waals surface area contributed by atoms with Crippen LogP contribution in [0.15, 0.2) is 24.3 Å². The second kappa shape index (κ2) is 19.2. The van der Waals surface area contributed by atoms with E-state index in [4.69, 9.17) is 0 Å². The van der Waals surface area contributed by atoms with Crippen LogP contribution in [0.1, 0.15) is 96.8 Å². The number of unbranched alkanes of at least 4 members (excludes halogenated alkanes) is 11. The van der Waals surface area contributed by atoms with Crippen molar-refractivity contribution in [3.05, 3.63) is 24.3 Å². The Bertz CT molecular complexity index is 429. The van der Waals surface area contributed by atoms with Crippen molar-refractivity contribution in [3.63, 3.8) is 0 Å². The van der Waals surface area contributed by atoms with E-state index in [1.807, 2.05) is 0 Å². The van der Waals surface area contributed by atoms with Gasteiger partial charge in [0.05, 0.1) is 7.11 Å². The topological polar surface area (TPSA) is 55.4 Å². The maximum atomic E-state index is 11.7. The van der Waals surface area contributed by atoms with Gasteiger partial charge in [0.1, 0.15) is 0 Å². The molecule has 0 aliphatic carbocycles. The van der Waals surface area contributed by atoms with Crippen molar-refractivity contribution in [2.75, 3.05) is 13.7 Å². The molecule has 0 saturated heterocycles. The lowest BCUT2D eigenvalue weighted by Gasteiger charge is -2.06. The first-order valence-corrected chi connectivity index (χ1v) is 10.8. The van der Waals surface area contributed by atoms with Gasteiger partial charge in [0, 0.05) is 18.5 Å². The summed E-state index contributed by atoms with van der Waals surface area (Å²) in [6.45, 7) is 5.98. The Balaban J connectivity index is 3.31. The van der Waals surface area contributed by atoms with Gasteiger partial charge in [-0.1, -0.05) is 83.4 Å². The molecule has 0 unspecified atom stereocenters. The minimum atomic E-state index is -0.473. The second-order valence-corrected chi connectivity index (χ2v) is 7.21. The Morgan fingerprint density at radius 3 is 1.93 bits per heavy atom. The lowest BCUT2D eigenvalue weighted by atomic mass is 10.1. The molecule has 27 heavy (non-hydrogen) atoms. The molecule has 1 N–H and O–H groups in total. The molecule has 0 fully saturated rings. The summed E-state index contributed by atoms with van der Waals surface area (Å²) in [5.41, 5.74) is 0.276. The zero-order valence-corrected chi connectivity index (χ0v) is 17.7. The number of rotatable bonds is 18. The van der Waals surface area contributed by atoms with Gasteiger partial charge in [-0.15, -0.1) is 0 Å². The standard InChI is InChI=1S/C23H41NO3/c1-4-5-6-7-8-9-10-11-12-13-14-15-16-17-18-19-22(25)24-20-21(2)23(26)27-3/h7-8H,2,4-6,9-20H2,1,3H3,(H,24,25)/b8-7-. The highest BCUT2D eigenvalue weighted by atomic mass is 16.5. The van der Waals surface area contributed by atoms with Gasteiger partial charge in [-0.25, -0.2) is 4.79 Å². The van der Waals surface area contributed by atoms with Crippen molar-refractivity contribution in [3.8, 4) is 0 Å². The number of methoxy groups -OCH3 is 1. The fraction of sp³-hybridized carbons (Fsp3) is 0.739. The van der Waals surface area contributed by atoms with Crippen molar-refractivity contribution in [1.82, 2.24) is 5.32 Å². The average Bonchev–Trinajstić information content (AvgIpc) is 2.68. The lowest BCUT2D eigenvalue weighted by Crippen LogP contribution is -2.27. The van der Waals surface area contributed by atoms with E-state index in [0.29, 0.717) is 6.42 Å². The van der Waals surface area contributed by atoms with Crippen LogP contribution in [0, 0.1) is 0 Å². The molecule has 4 nitrogen and oxygen atoms in total. The molecule has 0 aliphatic rings. The van der Waals surface area contributed by atoms with Gasteiger partial charge < -0.3 is 10.1 Å². The van der Waals surface area contributed by atoms with E-state index in [-0.39, 0.29) is 18.0 Å². The molecule has 0 rings (SSSR count). The molecule has 0 aromatic carbocycles. The summed E-state index contributed by atoms with van der Waals surface area (Å²) in [6, 6.07) is 0. The maximum Gasteiger partial charge on any atom is 0.334 e. The molecule has 1 amide bonds. The van der Waals surface area contributed by atoms with E-state index >= 15 is 0 Å². The van der Waals surface area contributed by atoms with Gasteiger partial charge in [0.2, 0.25) is 5.91 Å². The Hall–Kier alpha value is -1.58. The van der Waals surface area contributed by atoms with Gasteiger partial charge in [-0.3, -0.25) is 4.79 Å². The third-order valence-corrected chi connectivity index (χ3v) is 4.64. The molecule has 0 aromatic heterocycles. The minimum absolute atomic E-state index is 0.0243. The number of amides is 1. The monoisotopic (exact) mass is 379 g/mol. The Kier molecular flexibility index (Phi) is 18.1. The smallest absolute Gasteiger partial charge is 0.334 e. The molecule has 0 spiro atoms. The summed E-state index contributed by atoms with van der Waals surface area (Å²) >= 11 is 0. The second-order valence-electron chi connectivity index (χ2n) is 7.21. The van der Waals surface area contributed by atoms with Crippen LogP contribution < -0.4 is 5.32 Å². The summed E-state index contributed by atoms with van der Waals surface area (Å²) < 4.78 is 4.54. The van der Waals surface area contributed by atoms with Crippen molar-refractivity contribution in [2.24, 2.45) is 0 Å². The first-order chi connectivity index (χ1) is 13.1. The molecule has 0 heterocycles. The third kappa shape index (κ3) is 17.6. The molecule has 0 saturated carbocycles. The Morgan fingerprint density at radius 1 is 0.852 bits per heavy atom. The summed E-state index contributed by atoms with van der Waals surface area (Å²) in [6.07, 6.45) is 21.3. The van der Waals surface area contributed by atoms with Gasteiger partial charge >= 0.3 is 5.97 Å². The maximum absolute atomic E-state index is 11.7. The zero-order valence-electron chi connectivity index (χ0n) is 17.7. The Labute approximate surface area is 166 Å². The van der Waals surface area contributed by atoms with E-state index in [2.05, 4.69) is 35.7 Å². The van der Waals surface area contributed by atoms with Crippen molar-refractivity contribution >= 4 is 11.9 Å². The number of allylic oxidation sites excluding steroid dienone is 2. The van der Waals surface area contributed by atoms with Gasteiger partial charge in [-0.05, 0) is 25.7 Å². The fourth-order valence-corrected chi connectivity index (χ4v) is 2.85. The number of carbonyl (C=O) groups is 2. The molecule has 4 heteroatoms. The molecular formula is C23H41NO3. The molecule has 156 valence electrons. The molecule has 0 radical (unpaired) electrons. The quantitative estimate of drug-likeness (QED) is 0.140. The first-order valence-electron chi connectivity index (χ1n) is 10.8. The SMILES string of the molecule is C=C(CNC(=O)CCCCCCCCCCC/C=C\CCCC)C(=O)OC. The lowest BCUT2D eigenvalue weighted by molar-refractivity contribution is -0.136. The number of carbonyl (C=O) groups excluding carboxylic acids is 2. The first kappa shape index (κ1) is 25.4. The van der Waals surface area contributed by atoms with Crippen LogP contribution >= 0.6 is 0 Å². The third-order valence-electron chi connectivity index (χ3n) is 4.64. The molecule has 0 atom stereocenters. The molecule has 0 bridgehead atoms. The fourth-order valence-electron chi connectivity index (χ4n) is 2.85. The number of hydrogen-bond acceptors (Lipinski definition) is 3. The molecule has 0 aliphatic heterocycles. The molecular weight excluding hydrogens is 338 g/mol. The van der Waals surface area contributed by atoms with Crippen LogP contribution in [0.4, 0.5) is 0 Å². The van der Waals surface area contributed by atoms with Crippen LogP contribution in [-0.2, 0) is 14.3 Å². The van der Waals surface area contributed by atoms with Gasteiger partial charge in [0.15, 0.2) is 0 Å². The summed E-state index contributed by atoms with van der Waals surface area (Å²) in [5, 5.41) is 2.70. The van der Waals surface area contributed by atoms with Crippen LogP contribution in [-0.4, -0.2) is 25.5 Å². The highest BCUT2D eigenvalue weighted by molar-refractivity contribution is 5.89. The number of nitrogens with one attached hydrogen (secondary N) is 1. The average molecular weight is 380 g/mol. The van der Waals surface area contributed by atoms with Gasteiger partial charge in [-0.2, -0.15) is 0 Å². The largest absolute Gasteiger partial charge is 0.466 e. The summed E-state index contributed by atoms with van der Waals surface area (Å²) in [7, 11) is 1.31. The van der Waals surface area contributed by atoms with Crippen LogP contribution in [0.25, 0.3) is 0 Å². The molecule has 0 aromatic rings. The van der Waals surface area contributed by atoms with Gasteiger partial charge in [0.25, 0.3) is 0 Å². The number of hydrogen-bond donors (Lipinski definition) is 1. The number of esters is 1. The van der Waals surface area contributed by atoms with Crippen molar-refractivity contribution in [1.29, 1.82) is 0 Å². The highest BCUT2D eigenvalue weighted by Crippen LogP contribution is 2.11. The van der Waals surface area contributed by atoms with Crippen LogP contribution in [0.2, 0.25) is 0 Å². The minimum Gasteiger partial charge on any atom is -0.466 e. The van der Waals surface area contributed by atoms with Crippen molar-refractivity contribution < 1.29 is 14.3 Å². The summed E-state index contributed by atoms with van der Waals surface area (Å²) in [5.74, 6) is -0.498. The normalized spacial score (nSPS) is 10.9.